The highest BCUT2D eigenvalue weighted by Crippen LogP contribution is 2.33. The molecule has 14 heavy (non-hydrogen) atoms. The molecule has 0 radical (unpaired) electrons. The molecule has 0 aliphatic carbocycles. The van der Waals surface area contributed by atoms with Crippen molar-refractivity contribution in [3.63, 3.8) is 0 Å². The summed E-state index contributed by atoms with van der Waals surface area (Å²) in [5.74, 6) is -0.866. The topological polar surface area (TPSA) is 37.3 Å². The minimum Gasteiger partial charge on any atom is -0.480 e. The van der Waals surface area contributed by atoms with E-state index in [0.29, 0.717) is 0 Å². The maximum absolute atomic E-state index is 10.7. The Morgan fingerprint density at radius 3 is 2.43 bits per heavy atom. The summed E-state index contributed by atoms with van der Waals surface area (Å²) >= 11 is 6.51. The Morgan fingerprint density at radius 2 is 1.93 bits per heavy atom. The summed E-state index contributed by atoms with van der Waals surface area (Å²) in [6, 6.07) is 7.72. The molecule has 0 amide bonds. The molecule has 1 rings (SSSR count). The van der Waals surface area contributed by atoms with E-state index in [0.717, 1.165) is 11.1 Å². The monoisotopic (exact) mass is 320 g/mol. The van der Waals surface area contributed by atoms with Crippen LogP contribution in [-0.4, -0.2) is 15.9 Å². The molecule has 0 aliphatic heterocycles. The van der Waals surface area contributed by atoms with Crippen LogP contribution in [0.5, 0.6) is 0 Å². The van der Waals surface area contributed by atoms with Crippen molar-refractivity contribution < 1.29 is 9.90 Å². The minimum atomic E-state index is -0.866. The maximum Gasteiger partial charge on any atom is 0.318 e. The molecule has 4 heteroatoms. The van der Waals surface area contributed by atoms with Gasteiger partial charge >= 0.3 is 5.97 Å². The smallest absolute Gasteiger partial charge is 0.318 e. The summed E-state index contributed by atoms with van der Waals surface area (Å²) < 4.78 is 0. The van der Waals surface area contributed by atoms with E-state index in [-0.39, 0.29) is 4.83 Å². The van der Waals surface area contributed by atoms with E-state index in [2.05, 4.69) is 31.9 Å². The van der Waals surface area contributed by atoms with Crippen molar-refractivity contribution in [3.05, 3.63) is 35.4 Å². The van der Waals surface area contributed by atoms with Gasteiger partial charge in [-0.05, 0) is 18.1 Å². The number of carboxylic acid groups (broad SMARTS) is 1. The van der Waals surface area contributed by atoms with Gasteiger partial charge in [-0.15, -0.1) is 0 Å². The van der Waals surface area contributed by atoms with Crippen molar-refractivity contribution in [2.24, 2.45) is 0 Å². The lowest BCUT2D eigenvalue weighted by Gasteiger charge is -2.15. The Hall–Kier alpha value is -0.350. The number of hydrogen-bond acceptors (Lipinski definition) is 1. The third-order valence-corrected chi connectivity index (χ3v) is 4.63. The van der Waals surface area contributed by atoms with Crippen molar-refractivity contribution in [2.75, 3.05) is 0 Å². The van der Waals surface area contributed by atoms with Crippen LogP contribution >= 0.6 is 31.9 Å². The van der Waals surface area contributed by atoms with Gasteiger partial charge in [0, 0.05) is 0 Å². The Bertz CT molecular complexity index is 339. The molecule has 2 nitrogen and oxygen atoms in total. The zero-order valence-electron chi connectivity index (χ0n) is 7.58. The first-order valence-electron chi connectivity index (χ1n) is 4.10. The van der Waals surface area contributed by atoms with Crippen LogP contribution < -0.4 is 0 Å². The molecule has 0 unspecified atom stereocenters. The molecule has 0 bridgehead atoms. The second kappa shape index (κ2) is 4.94. The number of benzene rings is 1. The maximum atomic E-state index is 10.7. The van der Waals surface area contributed by atoms with Crippen molar-refractivity contribution in [3.8, 4) is 0 Å². The summed E-state index contributed by atoms with van der Waals surface area (Å²) in [7, 11) is 0. The average Bonchev–Trinajstić information content (AvgIpc) is 2.16. The summed E-state index contributed by atoms with van der Waals surface area (Å²) in [6.45, 7) is 1.96. The predicted molar refractivity (Wildman–Crippen MR) is 63.2 cm³/mol. The van der Waals surface area contributed by atoms with E-state index in [1.807, 2.05) is 31.2 Å². The summed E-state index contributed by atoms with van der Waals surface area (Å²) in [4.78, 5) is 9.93. The van der Waals surface area contributed by atoms with Crippen LogP contribution in [0.3, 0.4) is 0 Å². The second-order valence-electron chi connectivity index (χ2n) is 3.00. The SMILES string of the molecule is Cc1ccccc1[C@H](Br)[C@H](Br)C(=O)O. The van der Waals surface area contributed by atoms with Crippen LogP contribution in [0.15, 0.2) is 24.3 Å². The zero-order chi connectivity index (χ0) is 10.7. The first kappa shape index (κ1) is 11.7. The van der Waals surface area contributed by atoms with Crippen molar-refractivity contribution in [2.45, 2.75) is 16.6 Å². The standard InChI is InChI=1S/C10H10Br2O2/c1-6-4-2-3-5-7(6)8(11)9(12)10(13)14/h2-5,8-9H,1H3,(H,13,14)/t8-,9-/m0/s1. The van der Waals surface area contributed by atoms with Crippen molar-refractivity contribution in [1.82, 2.24) is 0 Å². The highest BCUT2D eigenvalue weighted by Gasteiger charge is 2.25. The van der Waals surface area contributed by atoms with Gasteiger partial charge in [0.1, 0.15) is 4.83 Å². The van der Waals surface area contributed by atoms with Gasteiger partial charge in [-0.2, -0.15) is 0 Å². The summed E-state index contributed by atoms with van der Waals surface area (Å²) in [6.07, 6.45) is 0. The highest BCUT2D eigenvalue weighted by molar-refractivity contribution is 9.12. The van der Waals surface area contributed by atoms with Gasteiger partial charge in [0.15, 0.2) is 0 Å². The normalized spacial score (nSPS) is 14.8. The van der Waals surface area contributed by atoms with Crippen LogP contribution in [0.2, 0.25) is 0 Å². The molecule has 1 aromatic carbocycles. The van der Waals surface area contributed by atoms with E-state index in [9.17, 15) is 4.79 Å². The fourth-order valence-corrected chi connectivity index (χ4v) is 2.20. The van der Waals surface area contributed by atoms with Crippen LogP contribution in [-0.2, 0) is 4.79 Å². The lowest BCUT2D eigenvalue weighted by atomic mass is 10.0. The van der Waals surface area contributed by atoms with Gasteiger partial charge in [-0.1, -0.05) is 56.1 Å². The molecule has 0 heterocycles. The number of carboxylic acids is 1. The van der Waals surface area contributed by atoms with E-state index in [1.54, 1.807) is 0 Å². The van der Waals surface area contributed by atoms with Crippen LogP contribution in [0, 0.1) is 6.92 Å². The van der Waals surface area contributed by atoms with Gasteiger partial charge in [0.05, 0.1) is 4.83 Å². The molecule has 0 saturated heterocycles. The van der Waals surface area contributed by atoms with Crippen LogP contribution in [0.1, 0.15) is 16.0 Å². The minimum absolute atomic E-state index is 0.207. The van der Waals surface area contributed by atoms with E-state index in [4.69, 9.17) is 5.11 Å². The van der Waals surface area contributed by atoms with Gasteiger partial charge in [-0.3, -0.25) is 4.79 Å². The summed E-state index contributed by atoms with van der Waals surface area (Å²) in [5.41, 5.74) is 2.08. The number of halogens is 2. The third-order valence-electron chi connectivity index (χ3n) is 1.98. The largest absolute Gasteiger partial charge is 0.480 e. The quantitative estimate of drug-likeness (QED) is 0.867. The van der Waals surface area contributed by atoms with Crippen LogP contribution in [0.4, 0.5) is 0 Å². The van der Waals surface area contributed by atoms with Gasteiger partial charge in [0.2, 0.25) is 0 Å². The number of rotatable bonds is 3. The molecule has 0 saturated carbocycles. The van der Waals surface area contributed by atoms with Gasteiger partial charge in [-0.25, -0.2) is 0 Å². The number of alkyl halides is 2. The lowest BCUT2D eigenvalue weighted by molar-refractivity contribution is -0.136. The van der Waals surface area contributed by atoms with Crippen molar-refractivity contribution >= 4 is 37.8 Å². The number of aliphatic carboxylic acids is 1. The molecule has 76 valence electrons. The molecule has 2 atom stereocenters. The molecular formula is C10H10Br2O2. The molecule has 0 aliphatic rings. The molecular weight excluding hydrogens is 312 g/mol. The van der Waals surface area contributed by atoms with Crippen LogP contribution in [0.25, 0.3) is 0 Å². The Balaban J connectivity index is 2.94. The zero-order valence-corrected chi connectivity index (χ0v) is 10.7. The highest BCUT2D eigenvalue weighted by atomic mass is 79.9. The molecule has 0 aromatic heterocycles. The Labute approximate surface area is 99.6 Å². The second-order valence-corrected chi connectivity index (χ2v) is 4.97. The summed E-state index contributed by atoms with van der Waals surface area (Å²) in [5, 5.41) is 8.83. The van der Waals surface area contributed by atoms with Gasteiger partial charge < -0.3 is 5.11 Å². The molecule has 1 N–H and O–H groups in total. The van der Waals surface area contributed by atoms with E-state index >= 15 is 0 Å². The van der Waals surface area contributed by atoms with Crippen molar-refractivity contribution in [1.29, 1.82) is 0 Å². The molecule has 1 aromatic rings. The predicted octanol–water partition coefficient (Wildman–Crippen LogP) is 3.28. The average molecular weight is 322 g/mol. The Kier molecular flexibility index (Phi) is 4.13. The fourth-order valence-electron chi connectivity index (χ4n) is 1.18. The molecule has 0 spiro atoms. The number of aryl methyl sites for hydroxylation is 1. The van der Waals surface area contributed by atoms with E-state index in [1.165, 1.54) is 0 Å². The first-order valence-corrected chi connectivity index (χ1v) is 5.93. The Morgan fingerprint density at radius 1 is 1.36 bits per heavy atom. The van der Waals surface area contributed by atoms with Gasteiger partial charge in [0.25, 0.3) is 0 Å². The number of carbonyl (C=O) groups is 1. The first-order chi connectivity index (χ1) is 6.54. The fraction of sp³-hybridized carbons (Fsp3) is 0.300. The van der Waals surface area contributed by atoms with E-state index < -0.39 is 10.8 Å². The molecule has 0 fully saturated rings. The third kappa shape index (κ3) is 2.58. The lowest BCUT2D eigenvalue weighted by Crippen LogP contribution is -2.18. The number of hydrogen-bond donors (Lipinski definition) is 1.